The number of ether oxygens (including phenoxy) is 2. The average molecular weight is 455 g/mol. The maximum atomic E-state index is 12.7. The number of rotatable bonds is 11. The number of unbranched alkanes of at least 4 members (excludes halogenated alkanes) is 3. The van der Waals surface area contributed by atoms with Crippen molar-refractivity contribution in [3.8, 4) is 17.6 Å². The number of anilines is 1. The highest BCUT2D eigenvalue weighted by atomic mass is 35.5. The van der Waals surface area contributed by atoms with Crippen molar-refractivity contribution in [2.24, 2.45) is 0 Å². The van der Waals surface area contributed by atoms with Crippen LogP contribution in [0.5, 0.6) is 11.5 Å². The van der Waals surface area contributed by atoms with E-state index in [1.54, 1.807) is 12.1 Å². The molecule has 170 valence electrons. The second-order valence-corrected chi connectivity index (χ2v) is 7.95. The predicted octanol–water partition coefficient (Wildman–Crippen LogP) is 6.86. The molecule has 0 atom stereocenters. The van der Waals surface area contributed by atoms with E-state index in [4.69, 9.17) is 21.1 Å². The van der Waals surface area contributed by atoms with Crippen molar-refractivity contribution in [1.82, 2.24) is 0 Å². The zero-order valence-electron chi connectivity index (χ0n) is 19.3. The summed E-state index contributed by atoms with van der Waals surface area (Å²) in [5, 5.41) is 12.8. The van der Waals surface area contributed by atoms with Gasteiger partial charge in [0.05, 0.1) is 18.2 Å². The minimum absolute atomic E-state index is 0.0299. The molecule has 0 heterocycles. The number of nitrogens with zero attached hydrogens (tertiary/aromatic N) is 1. The van der Waals surface area contributed by atoms with Crippen LogP contribution in [0.15, 0.2) is 35.9 Å². The average Bonchev–Trinajstić information content (AvgIpc) is 2.76. The Kier molecular flexibility index (Phi) is 10.1. The Hall–Kier alpha value is -2.97. The summed E-state index contributed by atoms with van der Waals surface area (Å²) in [5.74, 6) is 0.501. The Morgan fingerprint density at radius 3 is 2.62 bits per heavy atom. The molecule has 0 saturated heterocycles. The van der Waals surface area contributed by atoms with Crippen LogP contribution in [-0.2, 0) is 4.79 Å². The summed E-state index contributed by atoms with van der Waals surface area (Å²) < 4.78 is 11.6. The van der Waals surface area contributed by atoms with Gasteiger partial charge in [-0.15, -0.1) is 0 Å². The SMILES string of the molecule is CCCCCCOc1c(Cl)cc(/C=C(/C#N)C(=O)Nc2cccc(C)c2C)cc1OCC. The summed E-state index contributed by atoms with van der Waals surface area (Å²) in [4.78, 5) is 12.7. The van der Waals surface area contributed by atoms with Crippen molar-refractivity contribution in [2.75, 3.05) is 18.5 Å². The summed E-state index contributed by atoms with van der Waals surface area (Å²) in [7, 11) is 0. The number of carbonyl (C=O) groups excluding carboxylic acids is 1. The number of amides is 1. The Bertz CT molecular complexity index is 1010. The van der Waals surface area contributed by atoms with Crippen molar-refractivity contribution in [3.63, 3.8) is 0 Å². The molecule has 0 aliphatic carbocycles. The fraction of sp³-hybridized carbons (Fsp3) is 0.385. The lowest BCUT2D eigenvalue weighted by Crippen LogP contribution is -2.14. The molecule has 2 aromatic carbocycles. The lowest BCUT2D eigenvalue weighted by atomic mass is 10.1. The predicted molar refractivity (Wildman–Crippen MR) is 130 cm³/mol. The third-order valence-corrected chi connectivity index (χ3v) is 5.39. The fourth-order valence-electron chi connectivity index (χ4n) is 3.17. The van der Waals surface area contributed by atoms with Gasteiger partial charge in [0.2, 0.25) is 0 Å². The van der Waals surface area contributed by atoms with E-state index >= 15 is 0 Å². The molecular formula is C26H31ClN2O3. The van der Waals surface area contributed by atoms with Crippen LogP contribution in [0.2, 0.25) is 5.02 Å². The van der Waals surface area contributed by atoms with E-state index in [0.29, 0.717) is 41.0 Å². The monoisotopic (exact) mass is 454 g/mol. The van der Waals surface area contributed by atoms with Gasteiger partial charge in [0.25, 0.3) is 5.91 Å². The van der Waals surface area contributed by atoms with Crippen LogP contribution < -0.4 is 14.8 Å². The summed E-state index contributed by atoms with van der Waals surface area (Å²) in [5.41, 5.74) is 3.25. The van der Waals surface area contributed by atoms with Crippen molar-refractivity contribution in [2.45, 2.75) is 53.4 Å². The molecule has 0 aliphatic heterocycles. The largest absolute Gasteiger partial charge is 0.490 e. The number of nitrogens with one attached hydrogen (secondary N) is 1. The van der Waals surface area contributed by atoms with Gasteiger partial charge in [-0.05, 0) is 68.2 Å². The van der Waals surface area contributed by atoms with Gasteiger partial charge in [-0.25, -0.2) is 0 Å². The normalized spacial score (nSPS) is 11.1. The molecule has 0 spiro atoms. The molecule has 0 unspecified atom stereocenters. The highest BCUT2D eigenvalue weighted by Crippen LogP contribution is 2.37. The molecule has 0 saturated carbocycles. The summed E-state index contributed by atoms with van der Waals surface area (Å²) >= 11 is 6.47. The third-order valence-electron chi connectivity index (χ3n) is 5.10. The number of hydrogen-bond acceptors (Lipinski definition) is 4. The summed E-state index contributed by atoms with van der Waals surface area (Å²) in [6, 6.07) is 11.0. The zero-order chi connectivity index (χ0) is 23.5. The van der Waals surface area contributed by atoms with Crippen molar-refractivity contribution in [3.05, 3.63) is 57.6 Å². The molecule has 0 bridgehead atoms. The Balaban J connectivity index is 2.25. The molecule has 0 fully saturated rings. The first-order chi connectivity index (χ1) is 15.4. The third kappa shape index (κ3) is 7.03. The minimum Gasteiger partial charge on any atom is -0.490 e. The zero-order valence-corrected chi connectivity index (χ0v) is 20.0. The number of aryl methyl sites for hydroxylation is 1. The van der Waals surface area contributed by atoms with Crippen LogP contribution >= 0.6 is 11.6 Å². The molecule has 2 aromatic rings. The lowest BCUT2D eigenvalue weighted by Gasteiger charge is -2.15. The second kappa shape index (κ2) is 12.8. The first kappa shape index (κ1) is 25.3. The van der Waals surface area contributed by atoms with Crippen LogP contribution in [0, 0.1) is 25.2 Å². The Morgan fingerprint density at radius 2 is 1.94 bits per heavy atom. The van der Waals surface area contributed by atoms with Crippen molar-refractivity contribution in [1.29, 1.82) is 5.26 Å². The number of benzene rings is 2. The van der Waals surface area contributed by atoms with E-state index in [0.717, 1.165) is 30.4 Å². The number of carbonyl (C=O) groups is 1. The molecule has 2 rings (SSSR count). The molecule has 5 nitrogen and oxygen atoms in total. The molecule has 0 aromatic heterocycles. The highest BCUT2D eigenvalue weighted by molar-refractivity contribution is 6.32. The maximum Gasteiger partial charge on any atom is 0.266 e. The fourth-order valence-corrected chi connectivity index (χ4v) is 3.44. The number of hydrogen-bond donors (Lipinski definition) is 1. The lowest BCUT2D eigenvalue weighted by molar-refractivity contribution is -0.112. The standard InChI is InChI=1S/C26H31ClN2O3/c1-5-7-8-9-13-32-25-22(27)15-20(16-24(25)31-6-2)14-21(17-28)26(30)29-23-12-10-11-18(3)19(23)4/h10-12,14-16H,5-9,13H2,1-4H3,(H,29,30)/b21-14-. The van der Waals surface area contributed by atoms with Gasteiger partial charge in [-0.2, -0.15) is 5.26 Å². The smallest absolute Gasteiger partial charge is 0.266 e. The van der Waals surface area contributed by atoms with Crippen molar-refractivity contribution >= 4 is 29.3 Å². The summed E-state index contributed by atoms with van der Waals surface area (Å²) in [6.07, 6.45) is 5.86. The number of nitriles is 1. The quantitative estimate of drug-likeness (QED) is 0.228. The molecule has 32 heavy (non-hydrogen) atoms. The minimum atomic E-state index is -0.480. The van der Waals surface area contributed by atoms with E-state index in [1.807, 2.05) is 45.0 Å². The maximum absolute atomic E-state index is 12.7. The molecule has 1 N–H and O–H groups in total. The van der Waals surface area contributed by atoms with Crippen molar-refractivity contribution < 1.29 is 14.3 Å². The topological polar surface area (TPSA) is 71.3 Å². The van der Waals surface area contributed by atoms with Gasteiger partial charge in [0.15, 0.2) is 11.5 Å². The highest BCUT2D eigenvalue weighted by Gasteiger charge is 2.15. The van der Waals surface area contributed by atoms with Crippen LogP contribution in [0.1, 0.15) is 56.2 Å². The Labute approximate surface area is 196 Å². The van der Waals surface area contributed by atoms with E-state index in [1.165, 1.54) is 12.5 Å². The first-order valence-electron chi connectivity index (χ1n) is 11.0. The van der Waals surface area contributed by atoms with E-state index in [-0.39, 0.29) is 5.57 Å². The second-order valence-electron chi connectivity index (χ2n) is 7.54. The Morgan fingerprint density at radius 1 is 1.16 bits per heavy atom. The molecule has 0 aliphatic rings. The van der Waals surface area contributed by atoms with Gasteiger partial charge in [-0.1, -0.05) is 49.9 Å². The van der Waals surface area contributed by atoms with Crippen LogP contribution in [0.25, 0.3) is 6.08 Å². The first-order valence-corrected chi connectivity index (χ1v) is 11.4. The van der Waals surface area contributed by atoms with E-state index in [2.05, 4.69) is 12.2 Å². The van der Waals surface area contributed by atoms with Gasteiger partial charge < -0.3 is 14.8 Å². The van der Waals surface area contributed by atoms with Crippen LogP contribution in [-0.4, -0.2) is 19.1 Å². The number of halogens is 1. The molecular weight excluding hydrogens is 424 g/mol. The van der Waals surface area contributed by atoms with Gasteiger partial charge in [-0.3, -0.25) is 4.79 Å². The van der Waals surface area contributed by atoms with E-state index < -0.39 is 5.91 Å². The van der Waals surface area contributed by atoms with Crippen LogP contribution in [0.3, 0.4) is 0 Å². The van der Waals surface area contributed by atoms with Gasteiger partial charge in [0.1, 0.15) is 11.6 Å². The summed E-state index contributed by atoms with van der Waals surface area (Å²) in [6.45, 7) is 8.92. The molecule has 0 radical (unpaired) electrons. The molecule has 6 heteroatoms. The van der Waals surface area contributed by atoms with Crippen LogP contribution in [0.4, 0.5) is 5.69 Å². The molecule has 1 amide bonds. The van der Waals surface area contributed by atoms with Gasteiger partial charge >= 0.3 is 0 Å². The van der Waals surface area contributed by atoms with E-state index in [9.17, 15) is 10.1 Å². The van der Waals surface area contributed by atoms with Gasteiger partial charge in [0, 0.05) is 5.69 Å².